The van der Waals surface area contributed by atoms with Gasteiger partial charge in [0, 0.05) is 19.3 Å². The van der Waals surface area contributed by atoms with Crippen LogP contribution in [-0.4, -0.2) is 30.8 Å². The Morgan fingerprint density at radius 3 is 2.12 bits per heavy atom. The van der Waals surface area contributed by atoms with Gasteiger partial charge in [0.25, 0.3) is 0 Å². The van der Waals surface area contributed by atoms with Crippen molar-refractivity contribution in [2.24, 2.45) is 0 Å². The molecule has 2 rings (SSSR count). The average molecular weight is 447 g/mol. The van der Waals surface area contributed by atoms with Crippen molar-refractivity contribution in [3.63, 3.8) is 0 Å². The first-order valence-corrected chi connectivity index (χ1v) is 12.6. The molecule has 1 fully saturated rings. The van der Waals surface area contributed by atoms with Crippen LogP contribution in [0.25, 0.3) is 0 Å². The fourth-order valence-corrected chi connectivity index (χ4v) is 4.07. The highest BCUT2D eigenvalue weighted by atomic mass is 16.6. The Morgan fingerprint density at radius 1 is 0.906 bits per heavy atom. The summed E-state index contributed by atoms with van der Waals surface area (Å²) in [5.41, 5.74) is 0.207. The molecule has 0 spiro atoms. The van der Waals surface area contributed by atoms with Crippen molar-refractivity contribution in [2.75, 3.05) is 13.2 Å². The summed E-state index contributed by atoms with van der Waals surface area (Å²) in [6.07, 6.45) is 15.0. The minimum Gasteiger partial charge on any atom is -0.461 e. The Balaban J connectivity index is 1.54. The molecule has 0 radical (unpaired) electrons. The molecule has 1 atom stereocenters. The van der Waals surface area contributed by atoms with Crippen molar-refractivity contribution >= 4 is 11.9 Å². The van der Waals surface area contributed by atoms with E-state index in [1.54, 1.807) is 0 Å². The summed E-state index contributed by atoms with van der Waals surface area (Å²) in [5, 5.41) is 0. The SMILES string of the molecule is CCCCCCCCCCCCCC(=O)OCC1(COCc2ccccc2)CCC(=O)O1. The Bertz CT molecular complexity index is 645. The van der Waals surface area contributed by atoms with Crippen LogP contribution in [-0.2, 0) is 30.4 Å². The number of carbonyl (C=O) groups excluding carboxylic acids is 2. The van der Waals surface area contributed by atoms with Gasteiger partial charge in [0.1, 0.15) is 6.61 Å². The van der Waals surface area contributed by atoms with E-state index < -0.39 is 5.60 Å². The molecule has 1 unspecified atom stereocenters. The van der Waals surface area contributed by atoms with Gasteiger partial charge in [0.2, 0.25) is 0 Å². The first-order chi connectivity index (χ1) is 15.6. The van der Waals surface area contributed by atoms with E-state index in [0.717, 1.165) is 18.4 Å². The molecule has 0 N–H and O–H groups in total. The molecule has 0 aromatic heterocycles. The smallest absolute Gasteiger partial charge is 0.306 e. The molecule has 0 amide bonds. The van der Waals surface area contributed by atoms with Gasteiger partial charge in [-0.2, -0.15) is 0 Å². The molecule has 180 valence electrons. The van der Waals surface area contributed by atoms with Gasteiger partial charge in [-0.15, -0.1) is 0 Å². The van der Waals surface area contributed by atoms with Crippen molar-refractivity contribution in [1.29, 1.82) is 0 Å². The van der Waals surface area contributed by atoms with Crippen molar-refractivity contribution in [3.8, 4) is 0 Å². The summed E-state index contributed by atoms with van der Waals surface area (Å²) in [5.74, 6) is -0.471. The van der Waals surface area contributed by atoms with Crippen molar-refractivity contribution in [2.45, 2.75) is 109 Å². The van der Waals surface area contributed by atoms with E-state index >= 15 is 0 Å². The molecule has 1 aromatic carbocycles. The summed E-state index contributed by atoms with van der Waals surface area (Å²) in [6.45, 7) is 3.00. The van der Waals surface area contributed by atoms with Crippen LogP contribution in [0.2, 0.25) is 0 Å². The van der Waals surface area contributed by atoms with Gasteiger partial charge in [0.05, 0.1) is 13.2 Å². The van der Waals surface area contributed by atoms with Crippen LogP contribution in [0.5, 0.6) is 0 Å². The van der Waals surface area contributed by atoms with E-state index in [9.17, 15) is 9.59 Å². The average Bonchev–Trinajstić information content (AvgIpc) is 3.17. The molecule has 0 saturated carbocycles. The molecule has 1 aliphatic heterocycles. The lowest BCUT2D eigenvalue weighted by atomic mass is 10.0. The van der Waals surface area contributed by atoms with Gasteiger partial charge >= 0.3 is 11.9 Å². The van der Waals surface area contributed by atoms with Crippen molar-refractivity contribution in [3.05, 3.63) is 35.9 Å². The Hall–Kier alpha value is -1.88. The second kappa shape index (κ2) is 15.8. The number of ether oxygens (including phenoxy) is 3. The lowest BCUT2D eigenvalue weighted by Crippen LogP contribution is -2.40. The van der Waals surface area contributed by atoms with Crippen molar-refractivity contribution in [1.82, 2.24) is 0 Å². The topological polar surface area (TPSA) is 61.8 Å². The Kier molecular flexibility index (Phi) is 13.1. The number of hydrogen-bond donors (Lipinski definition) is 0. The van der Waals surface area contributed by atoms with Crippen LogP contribution >= 0.6 is 0 Å². The van der Waals surface area contributed by atoms with Crippen LogP contribution in [0.3, 0.4) is 0 Å². The number of cyclic esters (lactones) is 1. The minimum absolute atomic E-state index is 0.0738. The van der Waals surface area contributed by atoms with E-state index in [1.807, 2.05) is 30.3 Å². The van der Waals surface area contributed by atoms with Gasteiger partial charge in [-0.1, -0.05) is 101 Å². The predicted molar refractivity (Wildman–Crippen MR) is 126 cm³/mol. The molecular formula is C27H42O5. The summed E-state index contributed by atoms with van der Waals surface area (Å²) >= 11 is 0. The lowest BCUT2D eigenvalue weighted by molar-refractivity contribution is -0.169. The number of carbonyl (C=O) groups is 2. The van der Waals surface area contributed by atoms with Gasteiger partial charge in [-0.3, -0.25) is 9.59 Å². The first-order valence-electron chi connectivity index (χ1n) is 12.6. The normalized spacial score (nSPS) is 18.0. The first kappa shape index (κ1) is 26.4. The molecule has 1 aliphatic rings. The largest absolute Gasteiger partial charge is 0.461 e. The van der Waals surface area contributed by atoms with Crippen LogP contribution in [0.1, 0.15) is 102 Å². The van der Waals surface area contributed by atoms with E-state index in [0.29, 0.717) is 25.9 Å². The molecule has 5 heteroatoms. The van der Waals surface area contributed by atoms with Gasteiger partial charge in [0.15, 0.2) is 5.60 Å². The maximum Gasteiger partial charge on any atom is 0.306 e. The second-order valence-corrected chi connectivity index (χ2v) is 9.08. The van der Waals surface area contributed by atoms with Crippen molar-refractivity contribution < 1.29 is 23.8 Å². The molecule has 1 heterocycles. The minimum atomic E-state index is -0.849. The molecule has 1 saturated heterocycles. The third-order valence-electron chi connectivity index (χ3n) is 6.07. The summed E-state index contributed by atoms with van der Waals surface area (Å²) < 4.78 is 16.8. The number of rotatable bonds is 18. The van der Waals surface area contributed by atoms with E-state index in [2.05, 4.69) is 6.92 Å². The maximum atomic E-state index is 12.2. The van der Waals surface area contributed by atoms with Gasteiger partial charge in [-0.05, 0) is 12.0 Å². The van der Waals surface area contributed by atoms with Crippen LogP contribution in [0.4, 0.5) is 0 Å². The maximum absolute atomic E-state index is 12.2. The summed E-state index contributed by atoms with van der Waals surface area (Å²) in [7, 11) is 0. The number of esters is 2. The number of benzene rings is 1. The highest BCUT2D eigenvalue weighted by molar-refractivity contribution is 5.72. The molecule has 1 aromatic rings. The highest BCUT2D eigenvalue weighted by Crippen LogP contribution is 2.28. The quantitative estimate of drug-likeness (QED) is 0.190. The van der Waals surface area contributed by atoms with E-state index in [1.165, 1.54) is 57.8 Å². The summed E-state index contributed by atoms with van der Waals surface area (Å²) in [4.78, 5) is 23.9. The lowest BCUT2D eigenvalue weighted by Gasteiger charge is -2.27. The second-order valence-electron chi connectivity index (χ2n) is 9.08. The standard InChI is InChI=1S/C27H42O5/c1-2-3-4-5-6-7-8-9-10-11-15-18-25(28)31-23-27(20-19-26(29)32-27)22-30-21-24-16-13-12-14-17-24/h12-14,16-17H,2-11,15,18-23H2,1H3. The molecule has 32 heavy (non-hydrogen) atoms. The van der Waals surface area contributed by atoms with E-state index in [-0.39, 0.29) is 25.2 Å². The Morgan fingerprint density at radius 2 is 1.53 bits per heavy atom. The van der Waals surface area contributed by atoms with Gasteiger partial charge in [-0.25, -0.2) is 0 Å². The van der Waals surface area contributed by atoms with E-state index in [4.69, 9.17) is 14.2 Å². The number of unbranched alkanes of at least 4 members (excludes halogenated alkanes) is 10. The zero-order valence-electron chi connectivity index (χ0n) is 19.9. The van der Waals surface area contributed by atoms with Crippen LogP contribution in [0, 0.1) is 0 Å². The monoisotopic (exact) mass is 446 g/mol. The third-order valence-corrected chi connectivity index (χ3v) is 6.07. The fourth-order valence-electron chi connectivity index (χ4n) is 4.07. The molecular weight excluding hydrogens is 404 g/mol. The van der Waals surface area contributed by atoms with Crippen LogP contribution < -0.4 is 0 Å². The van der Waals surface area contributed by atoms with Crippen LogP contribution in [0.15, 0.2) is 30.3 Å². The zero-order valence-corrected chi connectivity index (χ0v) is 19.9. The molecule has 0 aliphatic carbocycles. The summed E-state index contributed by atoms with van der Waals surface area (Å²) in [6, 6.07) is 9.85. The highest BCUT2D eigenvalue weighted by Gasteiger charge is 2.42. The third kappa shape index (κ3) is 11.1. The fraction of sp³-hybridized carbons (Fsp3) is 0.704. The predicted octanol–water partition coefficient (Wildman–Crippen LogP) is 6.52. The molecule has 5 nitrogen and oxygen atoms in total. The molecule has 0 bridgehead atoms. The number of hydrogen-bond acceptors (Lipinski definition) is 5. The zero-order chi connectivity index (χ0) is 22.9. The Labute approximate surface area is 194 Å². The van der Waals surface area contributed by atoms with Gasteiger partial charge < -0.3 is 14.2 Å².